The van der Waals surface area contributed by atoms with Crippen molar-refractivity contribution < 1.29 is 19.0 Å². The molecular weight excluding hydrogens is 426 g/mol. The number of rotatable bonds is 17. The fourth-order valence-corrected chi connectivity index (χ4v) is 3.68. The number of benzene rings is 2. The van der Waals surface area contributed by atoms with Gasteiger partial charge in [0.2, 0.25) is 0 Å². The Labute approximate surface area is 205 Å². The molecular formula is C29H41NO4. The van der Waals surface area contributed by atoms with Crippen LogP contribution in [-0.2, 0) is 4.84 Å². The molecule has 0 aromatic heterocycles. The van der Waals surface area contributed by atoms with Gasteiger partial charge in [0.15, 0.2) is 0 Å². The number of aryl methyl sites for hydroxylation is 2. The van der Waals surface area contributed by atoms with Crippen molar-refractivity contribution in [3.63, 3.8) is 0 Å². The summed E-state index contributed by atoms with van der Waals surface area (Å²) in [6, 6.07) is 12.0. The molecule has 5 nitrogen and oxygen atoms in total. The van der Waals surface area contributed by atoms with Crippen LogP contribution in [0.3, 0.4) is 0 Å². The summed E-state index contributed by atoms with van der Waals surface area (Å²) in [5.41, 5.74) is 3.26. The molecule has 0 bridgehead atoms. The second kappa shape index (κ2) is 16.6. The Morgan fingerprint density at radius 1 is 0.735 bits per heavy atom. The van der Waals surface area contributed by atoms with Crippen LogP contribution in [0.5, 0.6) is 17.2 Å². The standard InChI is InChI=1S/C29H41NO4/c1-5-6-18-33-28-21-24(2)29(25(3)22-28)34-20-13-11-9-7-8-10-12-19-32-27-16-14-26(15-17-27)23-30-31-4/h5-6,14-17,21-23H,7-13,18-20H2,1-4H3/b6-5+,30-23+. The zero-order valence-corrected chi connectivity index (χ0v) is 21.3. The molecule has 0 spiro atoms. The number of unbranched alkanes of at least 4 members (excludes halogenated alkanes) is 6. The third-order valence-electron chi connectivity index (χ3n) is 5.51. The highest BCUT2D eigenvalue weighted by molar-refractivity contribution is 5.79. The van der Waals surface area contributed by atoms with Gasteiger partial charge in [-0.25, -0.2) is 0 Å². The molecule has 0 saturated carbocycles. The number of hydrogen-bond acceptors (Lipinski definition) is 5. The van der Waals surface area contributed by atoms with E-state index in [1.54, 1.807) is 6.21 Å². The molecule has 34 heavy (non-hydrogen) atoms. The number of hydrogen-bond donors (Lipinski definition) is 0. The second-order valence-corrected chi connectivity index (χ2v) is 8.42. The van der Waals surface area contributed by atoms with Crippen molar-refractivity contribution in [1.29, 1.82) is 0 Å². The van der Waals surface area contributed by atoms with Gasteiger partial charge in [0.1, 0.15) is 31.0 Å². The molecule has 0 heterocycles. The van der Waals surface area contributed by atoms with E-state index in [0.717, 1.165) is 60.0 Å². The number of oxime groups is 1. The number of nitrogens with zero attached hydrogens (tertiary/aromatic N) is 1. The topological polar surface area (TPSA) is 49.3 Å². The summed E-state index contributed by atoms with van der Waals surface area (Å²) in [4.78, 5) is 4.68. The minimum absolute atomic E-state index is 0.599. The zero-order valence-electron chi connectivity index (χ0n) is 21.3. The average Bonchev–Trinajstić information content (AvgIpc) is 2.83. The van der Waals surface area contributed by atoms with Gasteiger partial charge in [0, 0.05) is 0 Å². The van der Waals surface area contributed by atoms with Crippen LogP contribution < -0.4 is 14.2 Å². The Morgan fingerprint density at radius 3 is 1.91 bits per heavy atom. The van der Waals surface area contributed by atoms with Crippen molar-refractivity contribution in [1.82, 2.24) is 0 Å². The lowest BCUT2D eigenvalue weighted by atomic mass is 10.1. The molecule has 0 fully saturated rings. The van der Waals surface area contributed by atoms with E-state index >= 15 is 0 Å². The number of allylic oxidation sites excluding steroid dienone is 1. The normalized spacial score (nSPS) is 11.3. The SMILES string of the molecule is C/C=C/COc1cc(C)c(OCCCCCCCCCOc2ccc(/C=N/OC)cc2)c(C)c1. The first-order chi connectivity index (χ1) is 16.6. The smallest absolute Gasteiger partial charge is 0.125 e. The quantitative estimate of drug-likeness (QED) is 0.105. The molecule has 186 valence electrons. The van der Waals surface area contributed by atoms with E-state index in [2.05, 4.69) is 36.0 Å². The third kappa shape index (κ3) is 10.8. The van der Waals surface area contributed by atoms with Gasteiger partial charge < -0.3 is 19.0 Å². The van der Waals surface area contributed by atoms with E-state index in [-0.39, 0.29) is 0 Å². The first-order valence-corrected chi connectivity index (χ1v) is 12.4. The molecule has 2 rings (SSSR count). The summed E-state index contributed by atoms with van der Waals surface area (Å²) in [6.07, 6.45) is 14.0. The molecule has 2 aromatic rings. The van der Waals surface area contributed by atoms with E-state index in [4.69, 9.17) is 14.2 Å². The van der Waals surface area contributed by atoms with Crippen LogP contribution in [0.1, 0.15) is 68.6 Å². The van der Waals surface area contributed by atoms with Crippen LogP contribution in [-0.4, -0.2) is 33.1 Å². The van der Waals surface area contributed by atoms with Crippen LogP contribution in [0, 0.1) is 13.8 Å². The molecule has 0 aliphatic carbocycles. The lowest BCUT2D eigenvalue weighted by molar-refractivity contribution is 0.215. The Morgan fingerprint density at radius 2 is 1.32 bits per heavy atom. The fraction of sp³-hybridized carbons (Fsp3) is 0.483. The molecule has 0 atom stereocenters. The highest BCUT2D eigenvalue weighted by atomic mass is 16.6. The van der Waals surface area contributed by atoms with Gasteiger partial charge in [-0.1, -0.05) is 49.4 Å². The van der Waals surface area contributed by atoms with Gasteiger partial charge in [-0.05, 0) is 86.7 Å². The summed E-state index contributed by atoms with van der Waals surface area (Å²) in [5.74, 6) is 2.80. The van der Waals surface area contributed by atoms with Crippen molar-refractivity contribution in [2.24, 2.45) is 5.16 Å². The molecule has 5 heteroatoms. The van der Waals surface area contributed by atoms with Gasteiger partial charge in [-0.3, -0.25) is 0 Å². The van der Waals surface area contributed by atoms with Crippen molar-refractivity contribution in [3.05, 3.63) is 65.2 Å². The Bertz CT molecular complexity index is 851. The highest BCUT2D eigenvalue weighted by Crippen LogP contribution is 2.28. The lowest BCUT2D eigenvalue weighted by Crippen LogP contribution is -2.02. The maximum absolute atomic E-state index is 6.08. The van der Waals surface area contributed by atoms with E-state index in [9.17, 15) is 0 Å². The van der Waals surface area contributed by atoms with Crippen LogP contribution >= 0.6 is 0 Å². The van der Waals surface area contributed by atoms with Crippen LogP contribution in [0.2, 0.25) is 0 Å². The predicted octanol–water partition coefficient (Wildman–Crippen LogP) is 7.43. The van der Waals surface area contributed by atoms with E-state index < -0.39 is 0 Å². The maximum Gasteiger partial charge on any atom is 0.125 e. The summed E-state index contributed by atoms with van der Waals surface area (Å²) >= 11 is 0. The van der Waals surface area contributed by atoms with E-state index in [1.807, 2.05) is 43.3 Å². The first kappa shape index (κ1) is 27.3. The fourth-order valence-electron chi connectivity index (χ4n) is 3.68. The van der Waals surface area contributed by atoms with E-state index in [1.165, 1.54) is 39.2 Å². The van der Waals surface area contributed by atoms with Gasteiger partial charge >= 0.3 is 0 Å². The summed E-state index contributed by atoms with van der Waals surface area (Å²) in [5, 5.41) is 3.75. The summed E-state index contributed by atoms with van der Waals surface area (Å²) < 4.78 is 17.6. The zero-order chi connectivity index (χ0) is 24.4. The van der Waals surface area contributed by atoms with Gasteiger partial charge in [0.25, 0.3) is 0 Å². The molecule has 2 aromatic carbocycles. The van der Waals surface area contributed by atoms with Crippen LogP contribution in [0.25, 0.3) is 0 Å². The van der Waals surface area contributed by atoms with Gasteiger partial charge in [0.05, 0.1) is 19.4 Å². The monoisotopic (exact) mass is 467 g/mol. The molecule has 0 aliphatic rings. The molecule has 0 amide bonds. The third-order valence-corrected chi connectivity index (χ3v) is 5.51. The largest absolute Gasteiger partial charge is 0.494 e. The highest BCUT2D eigenvalue weighted by Gasteiger charge is 2.07. The van der Waals surface area contributed by atoms with Crippen LogP contribution in [0.15, 0.2) is 53.7 Å². The van der Waals surface area contributed by atoms with Gasteiger partial charge in [-0.2, -0.15) is 0 Å². The number of ether oxygens (including phenoxy) is 3. The van der Waals surface area contributed by atoms with Gasteiger partial charge in [-0.15, -0.1) is 0 Å². The minimum Gasteiger partial charge on any atom is -0.494 e. The van der Waals surface area contributed by atoms with Crippen LogP contribution in [0.4, 0.5) is 0 Å². The minimum atomic E-state index is 0.599. The second-order valence-electron chi connectivity index (χ2n) is 8.42. The average molecular weight is 468 g/mol. The molecule has 0 saturated heterocycles. The molecule has 0 radical (unpaired) electrons. The predicted molar refractivity (Wildman–Crippen MR) is 141 cm³/mol. The molecule has 0 aliphatic heterocycles. The van der Waals surface area contributed by atoms with Crippen molar-refractivity contribution in [3.8, 4) is 17.2 Å². The summed E-state index contributed by atoms with van der Waals surface area (Å²) in [7, 11) is 1.54. The lowest BCUT2D eigenvalue weighted by Gasteiger charge is -2.14. The molecule has 0 N–H and O–H groups in total. The molecule has 0 unspecified atom stereocenters. The first-order valence-electron chi connectivity index (χ1n) is 12.4. The summed E-state index contributed by atoms with van der Waals surface area (Å²) in [6.45, 7) is 8.29. The van der Waals surface area contributed by atoms with Crippen molar-refractivity contribution in [2.45, 2.75) is 65.7 Å². The van der Waals surface area contributed by atoms with Crippen molar-refractivity contribution >= 4 is 6.21 Å². The Kier molecular flexibility index (Phi) is 13.4. The Hall–Kier alpha value is -2.95. The Balaban J connectivity index is 1.49. The maximum atomic E-state index is 6.08. The van der Waals surface area contributed by atoms with Crippen molar-refractivity contribution in [2.75, 3.05) is 26.9 Å². The van der Waals surface area contributed by atoms with E-state index in [0.29, 0.717) is 6.61 Å².